The Balaban J connectivity index is 0.00000225. The van der Waals surface area contributed by atoms with Crippen LogP contribution in [0.2, 0.25) is 0 Å². The first kappa shape index (κ1) is 25.4. The fourth-order valence-electron chi connectivity index (χ4n) is 2.86. The van der Waals surface area contributed by atoms with Crippen molar-refractivity contribution in [3.63, 3.8) is 0 Å². The highest BCUT2D eigenvalue weighted by Gasteiger charge is 2.18. The first-order valence-corrected chi connectivity index (χ1v) is 8.95. The van der Waals surface area contributed by atoms with Gasteiger partial charge in [-0.1, -0.05) is 12.1 Å². The van der Waals surface area contributed by atoms with E-state index >= 15 is 0 Å². The van der Waals surface area contributed by atoms with Gasteiger partial charge in [0.05, 0.1) is 11.8 Å². The normalized spacial score (nSPS) is 10.0. The molecule has 9 heteroatoms. The number of carbonyl (C=O) groups is 1. The third-order valence-electron chi connectivity index (χ3n) is 4.29. The van der Waals surface area contributed by atoms with Crippen LogP contribution in [0.1, 0.15) is 21.5 Å². The zero-order valence-corrected chi connectivity index (χ0v) is 18.4. The van der Waals surface area contributed by atoms with Crippen molar-refractivity contribution in [1.29, 1.82) is 0 Å². The summed E-state index contributed by atoms with van der Waals surface area (Å²) >= 11 is 0. The van der Waals surface area contributed by atoms with Crippen molar-refractivity contribution in [2.24, 2.45) is 12.8 Å². The van der Waals surface area contributed by atoms with E-state index in [9.17, 15) is 9.18 Å². The molecule has 0 atom stereocenters. The number of ether oxygens (including phenoxy) is 1. The Bertz CT molecular complexity index is 964. The summed E-state index contributed by atoms with van der Waals surface area (Å²) in [5.41, 5.74) is 7.49. The molecule has 3 aromatic rings. The average Bonchev–Trinajstić information content (AvgIpc) is 3.09. The fourth-order valence-corrected chi connectivity index (χ4v) is 2.86. The van der Waals surface area contributed by atoms with Gasteiger partial charge in [-0.2, -0.15) is 5.10 Å². The maximum absolute atomic E-state index is 14.3. The molecular formula is C21H25Cl2FN4O2. The Morgan fingerprint density at radius 3 is 2.40 bits per heavy atom. The van der Waals surface area contributed by atoms with Gasteiger partial charge in [0, 0.05) is 32.4 Å². The molecule has 0 saturated carbocycles. The van der Waals surface area contributed by atoms with Crippen LogP contribution >= 0.6 is 24.8 Å². The monoisotopic (exact) mass is 454 g/mol. The van der Waals surface area contributed by atoms with Crippen molar-refractivity contribution in [3.05, 3.63) is 77.4 Å². The first-order chi connectivity index (χ1) is 13.5. The van der Waals surface area contributed by atoms with Crippen molar-refractivity contribution >= 4 is 30.7 Å². The summed E-state index contributed by atoms with van der Waals surface area (Å²) in [6, 6.07) is 11.7. The van der Waals surface area contributed by atoms with Crippen molar-refractivity contribution in [1.82, 2.24) is 14.7 Å². The van der Waals surface area contributed by atoms with Crippen LogP contribution in [0.4, 0.5) is 4.39 Å². The minimum absolute atomic E-state index is 0. The van der Waals surface area contributed by atoms with Gasteiger partial charge in [-0.25, -0.2) is 4.39 Å². The second kappa shape index (κ2) is 11.5. The molecule has 1 aromatic heterocycles. The third kappa shape index (κ3) is 6.45. The number of nitrogens with two attached hydrogens (primary N) is 1. The number of nitrogens with zero attached hydrogens (tertiary/aromatic N) is 3. The minimum Gasteiger partial charge on any atom is -0.457 e. The minimum atomic E-state index is -0.589. The molecule has 0 bridgehead atoms. The maximum Gasteiger partial charge on any atom is 0.257 e. The lowest BCUT2D eigenvalue weighted by atomic mass is 10.1. The molecule has 0 radical (unpaired) electrons. The summed E-state index contributed by atoms with van der Waals surface area (Å²) in [6.07, 6.45) is 4.28. The number of hydrogen-bond donors (Lipinski definition) is 1. The molecule has 0 aliphatic heterocycles. The largest absolute Gasteiger partial charge is 0.457 e. The molecule has 2 aromatic carbocycles. The number of benzene rings is 2. The highest BCUT2D eigenvalue weighted by molar-refractivity contribution is 5.94. The number of rotatable bonds is 7. The standard InChI is InChI=1S/C21H23FN4O2.2ClH/c1-25(13-16-12-24-26(2)14-16)21(27)19-11-18(7-8-20(19)22)28-17-5-3-15(4-6-17)9-10-23;;/h3-8,11-12,14H,9-10,13,23H2,1-2H3;2*1H. The van der Waals surface area contributed by atoms with E-state index in [0.29, 0.717) is 24.6 Å². The molecule has 0 aliphatic rings. The van der Waals surface area contributed by atoms with E-state index < -0.39 is 11.7 Å². The zero-order chi connectivity index (χ0) is 20.1. The topological polar surface area (TPSA) is 73.4 Å². The Morgan fingerprint density at radius 2 is 1.80 bits per heavy atom. The third-order valence-corrected chi connectivity index (χ3v) is 4.29. The van der Waals surface area contributed by atoms with Gasteiger partial charge in [-0.05, 0) is 48.9 Å². The van der Waals surface area contributed by atoms with Gasteiger partial charge >= 0.3 is 0 Å². The lowest BCUT2D eigenvalue weighted by Crippen LogP contribution is -2.26. The van der Waals surface area contributed by atoms with E-state index in [-0.39, 0.29) is 30.4 Å². The summed E-state index contributed by atoms with van der Waals surface area (Å²) in [5.74, 6) is -0.0145. The van der Waals surface area contributed by atoms with Crippen molar-refractivity contribution < 1.29 is 13.9 Å². The predicted octanol–water partition coefficient (Wildman–Crippen LogP) is 3.97. The average molecular weight is 455 g/mol. The Morgan fingerprint density at radius 1 is 1.13 bits per heavy atom. The highest BCUT2D eigenvalue weighted by atomic mass is 35.5. The highest BCUT2D eigenvalue weighted by Crippen LogP contribution is 2.25. The van der Waals surface area contributed by atoms with Crippen molar-refractivity contribution in [3.8, 4) is 11.5 Å². The SMILES string of the molecule is CN(Cc1cnn(C)c1)C(=O)c1cc(Oc2ccc(CCN)cc2)ccc1F.Cl.Cl. The van der Waals surface area contributed by atoms with Crippen LogP contribution in [0.25, 0.3) is 0 Å². The van der Waals surface area contributed by atoms with Gasteiger partial charge in [0.1, 0.15) is 17.3 Å². The van der Waals surface area contributed by atoms with Crippen LogP contribution in [0.3, 0.4) is 0 Å². The van der Waals surface area contributed by atoms with Gasteiger partial charge < -0.3 is 15.4 Å². The summed E-state index contributed by atoms with van der Waals surface area (Å²) in [5, 5.41) is 4.08. The molecule has 6 nitrogen and oxygen atoms in total. The lowest BCUT2D eigenvalue weighted by Gasteiger charge is -2.17. The number of hydrogen-bond acceptors (Lipinski definition) is 4. The van der Waals surface area contributed by atoms with Crippen LogP contribution in [0.5, 0.6) is 11.5 Å². The molecule has 0 unspecified atom stereocenters. The van der Waals surface area contributed by atoms with Gasteiger partial charge in [0.2, 0.25) is 0 Å². The molecule has 0 saturated heterocycles. The summed E-state index contributed by atoms with van der Waals surface area (Å²) in [7, 11) is 3.42. The van der Waals surface area contributed by atoms with Crippen LogP contribution in [-0.2, 0) is 20.0 Å². The van der Waals surface area contributed by atoms with E-state index in [2.05, 4.69) is 5.10 Å². The summed E-state index contributed by atoms with van der Waals surface area (Å²) < 4.78 is 21.7. The zero-order valence-electron chi connectivity index (χ0n) is 16.7. The molecule has 1 amide bonds. The van der Waals surface area contributed by atoms with Crippen molar-refractivity contribution in [2.75, 3.05) is 13.6 Å². The molecule has 0 spiro atoms. The quantitative estimate of drug-likeness (QED) is 0.585. The van der Waals surface area contributed by atoms with E-state index in [1.54, 1.807) is 25.0 Å². The van der Waals surface area contributed by atoms with Gasteiger partial charge in [-0.3, -0.25) is 9.48 Å². The van der Waals surface area contributed by atoms with E-state index in [4.69, 9.17) is 10.5 Å². The number of aromatic nitrogens is 2. The van der Waals surface area contributed by atoms with E-state index in [1.165, 1.54) is 23.1 Å². The summed E-state index contributed by atoms with van der Waals surface area (Å²) in [4.78, 5) is 14.1. The number of carbonyl (C=O) groups excluding carboxylic acids is 1. The number of aryl methyl sites for hydroxylation is 1. The molecule has 3 rings (SSSR count). The molecule has 0 fully saturated rings. The predicted molar refractivity (Wildman–Crippen MR) is 119 cm³/mol. The Hall–Kier alpha value is -2.61. The number of halogens is 3. The van der Waals surface area contributed by atoms with Crippen molar-refractivity contribution in [2.45, 2.75) is 13.0 Å². The second-order valence-corrected chi connectivity index (χ2v) is 6.61. The van der Waals surface area contributed by atoms with Crippen LogP contribution in [0.15, 0.2) is 54.9 Å². The van der Waals surface area contributed by atoms with Gasteiger partial charge in [0.15, 0.2) is 0 Å². The van der Waals surface area contributed by atoms with Gasteiger partial charge in [-0.15, -0.1) is 24.8 Å². The van der Waals surface area contributed by atoms with Crippen LogP contribution in [0, 0.1) is 5.82 Å². The van der Waals surface area contributed by atoms with Gasteiger partial charge in [0.25, 0.3) is 5.91 Å². The van der Waals surface area contributed by atoms with Crippen LogP contribution < -0.4 is 10.5 Å². The molecule has 162 valence electrons. The van der Waals surface area contributed by atoms with E-state index in [1.807, 2.05) is 30.5 Å². The number of amides is 1. The Labute approximate surface area is 187 Å². The fraction of sp³-hybridized carbons (Fsp3) is 0.238. The van der Waals surface area contributed by atoms with E-state index in [0.717, 1.165) is 17.5 Å². The maximum atomic E-state index is 14.3. The second-order valence-electron chi connectivity index (χ2n) is 6.61. The first-order valence-electron chi connectivity index (χ1n) is 8.95. The summed E-state index contributed by atoms with van der Waals surface area (Å²) in [6.45, 7) is 0.913. The van der Waals surface area contributed by atoms with Crippen LogP contribution in [-0.4, -0.2) is 34.2 Å². The smallest absolute Gasteiger partial charge is 0.257 e. The molecule has 0 aliphatic carbocycles. The molecule has 1 heterocycles. The molecule has 2 N–H and O–H groups in total. The lowest BCUT2D eigenvalue weighted by molar-refractivity contribution is 0.0780. The molecular weight excluding hydrogens is 430 g/mol. The molecule has 30 heavy (non-hydrogen) atoms. The Kier molecular flexibility index (Phi) is 9.78.